The molecule has 3 N–H and O–H groups in total. The third kappa shape index (κ3) is 2.52. The van der Waals surface area contributed by atoms with Crippen LogP contribution >= 0.6 is 0 Å². The maximum absolute atomic E-state index is 8.99. The molecule has 2 aromatic rings. The number of benzene rings is 2. The SMILES string of the molecule is NN=C(c1ccccc1)c1ccc(CO)cc1. The molecule has 0 unspecified atom stereocenters. The first-order valence-corrected chi connectivity index (χ1v) is 5.38. The van der Waals surface area contributed by atoms with E-state index in [9.17, 15) is 0 Å². The molecule has 0 atom stereocenters. The van der Waals surface area contributed by atoms with E-state index in [1.165, 1.54) is 0 Å². The number of hydrogen-bond donors (Lipinski definition) is 2. The molecule has 17 heavy (non-hydrogen) atoms. The van der Waals surface area contributed by atoms with Crippen LogP contribution in [0.3, 0.4) is 0 Å². The summed E-state index contributed by atoms with van der Waals surface area (Å²) in [5, 5.41) is 12.8. The average molecular weight is 226 g/mol. The lowest BCUT2D eigenvalue weighted by atomic mass is 10.0. The summed E-state index contributed by atoms with van der Waals surface area (Å²) in [6, 6.07) is 17.3. The van der Waals surface area contributed by atoms with Crippen molar-refractivity contribution in [3.8, 4) is 0 Å². The molecule has 3 heteroatoms. The number of aliphatic hydroxyl groups is 1. The second-order valence-corrected chi connectivity index (χ2v) is 3.70. The van der Waals surface area contributed by atoms with Crippen molar-refractivity contribution >= 4 is 5.71 Å². The number of aliphatic hydroxyl groups excluding tert-OH is 1. The van der Waals surface area contributed by atoms with E-state index < -0.39 is 0 Å². The van der Waals surface area contributed by atoms with E-state index in [-0.39, 0.29) is 6.61 Å². The van der Waals surface area contributed by atoms with Crippen LogP contribution in [0.25, 0.3) is 0 Å². The molecule has 0 bridgehead atoms. The van der Waals surface area contributed by atoms with Crippen LogP contribution in [0.1, 0.15) is 16.7 Å². The molecule has 0 saturated carbocycles. The van der Waals surface area contributed by atoms with Gasteiger partial charge in [-0.2, -0.15) is 5.10 Å². The normalized spacial score (nSPS) is 11.5. The number of nitrogens with two attached hydrogens (primary N) is 1. The fraction of sp³-hybridized carbons (Fsp3) is 0.0714. The van der Waals surface area contributed by atoms with Crippen LogP contribution in [0.15, 0.2) is 59.7 Å². The van der Waals surface area contributed by atoms with Gasteiger partial charge in [-0.15, -0.1) is 0 Å². The molecule has 0 saturated heterocycles. The molecule has 0 aliphatic carbocycles. The quantitative estimate of drug-likeness (QED) is 0.477. The Bertz CT molecular complexity index is 504. The Morgan fingerprint density at radius 3 is 2.06 bits per heavy atom. The predicted octanol–water partition coefficient (Wildman–Crippen LogP) is 1.89. The lowest BCUT2D eigenvalue weighted by molar-refractivity contribution is 0.282. The van der Waals surface area contributed by atoms with Crippen molar-refractivity contribution in [3.05, 3.63) is 71.3 Å². The second-order valence-electron chi connectivity index (χ2n) is 3.70. The largest absolute Gasteiger partial charge is 0.392 e. The summed E-state index contributed by atoms with van der Waals surface area (Å²) in [7, 11) is 0. The highest BCUT2D eigenvalue weighted by molar-refractivity contribution is 6.12. The van der Waals surface area contributed by atoms with Crippen LogP contribution in [0, 0.1) is 0 Å². The van der Waals surface area contributed by atoms with Crippen molar-refractivity contribution in [2.24, 2.45) is 10.9 Å². The maximum Gasteiger partial charge on any atom is 0.0971 e. The van der Waals surface area contributed by atoms with Gasteiger partial charge in [0.15, 0.2) is 0 Å². The Morgan fingerprint density at radius 2 is 1.53 bits per heavy atom. The minimum Gasteiger partial charge on any atom is -0.392 e. The van der Waals surface area contributed by atoms with Crippen LogP contribution in [0.2, 0.25) is 0 Å². The zero-order chi connectivity index (χ0) is 12.1. The van der Waals surface area contributed by atoms with Crippen molar-refractivity contribution in [1.82, 2.24) is 0 Å². The van der Waals surface area contributed by atoms with Crippen LogP contribution in [0.4, 0.5) is 0 Å². The van der Waals surface area contributed by atoms with Gasteiger partial charge in [-0.1, -0.05) is 54.6 Å². The van der Waals surface area contributed by atoms with Gasteiger partial charge in [0.25, 0.3) is 0 Å². The van der Waals surface area contributed by atoms with Crippen LogP contribution < -0.4 is 5.84 Å². The van der Waals surface area contributed by atoms with Crippen molar-refractivity contribution in [2.75, 3.05) is 0 Å². The lowest BCUT2D eigenvalue weighted by Crippen LogP contribution is -2.06. The van der Waals surface area contributed by atoms with Crippen molar-refractivity contribution in [2.45, 2.75) is 6.61 Å². The molecule has 86 valence electrons. The molecule has 0 spiro atoms. The first-order valence-electron chi connectivity index (χ1n) is 5.38. The van der Waals surface area contributed by atoms with E-state index >= 15 is 0 Å². The van der Waals surface area contributed by atoms with E-state index in [2.05, 4.69) is 5.10 Å². The Balaban J connectivity index is 2.37. The molecule has 0 aliphatic rings. The van der Waals surface area contributed by atoms with Gasteiger partial charge in [0.1, 0.15) is 0 Å². The molecule has 2 aromatic carbocycles. The minimum absolute atomic E-state index is 0.0424. The van der Waals surface area contributed by atoms with E-state index in [0.717, 1.165) is 22.4 Å². The summed E-state index contributed by atoms with van der Waals surface area (Å²) >= 11 is 0. The molecule has 0 radical (unpaired) electrons. The van der Waals surface area contributed by atoms with E-state index in [1.54, 1.807) is 0 Å². The molecule has 0 amide bonds. The molecular formula is C14H14N2O. The Labute approximate surface area is 100 Å². The monoisotopic (exact) mass is 226 g/mol. The maximum atomic E-state index is 8.99. The third-order valence-corrected chi connectivity index (χ3v) is 2.59. The summed E-state index contributed by atoms with van der Waals surface area (Å²) in [6.45, 7) is 0.0424. The van der Waals surface area contributed by atoms with Crippen LogP contribution in [-0.2, 0) is 6.61 Å². The number of hydrogen-bond acceptors (Lipinski definition) is 3. The smallest absolute Gasteiger partial charge is 0.0971 e. The highest BCUT2D eigenvalue weighted by atomic mass is 16.3. The molecule has 0 aliphatic heterocycles. The van der Waals surface area contributed by atoms with Crippen molar-refractivity contribution < 1.29 is 5.11 Å². The molecule has 2 rings (SSSR count). The van der Waals surface area contributed by atoms with Gasteiger partial charge >= 0.3 is 0 Å². The highest BCUT2D eigenvalue weighted by Crippen LogP contribution is 2.11. The van der Waals surface area contributed by atoms with E-state index in [0.29, 0.717) is 0 Å². The van der Waals surface area contributed by atoms with Gasteiger partial charge in [-0.05, 0) is 5.56 Å². The van der Waals surface area contributed by atoms with Gasteiger partial charge < -0.3 is 10.9 Å². The Kier molecular flexibility index (Phi) is 3.52. The minimum atomic E-state index is 0.0424. The van der Waals surface area contributed by atoms with Crippen LogP contribution in [-0.4, -0.2) is 10.8 Å². The summed E-state index contributed by atoms with van der Waals surface area (Å²) in [6.07, 6.45) is 0. The van der Waals surface area contributed by atoms with Gasteiger partial charge in [-0.25, -0.2) is 0 Å². The number of rotatable bonds is 3. The summed E-state index contributed by atoms with van der Waals surface area (Å²) in [5.74, 6) is 5.45. The first kappa shape index (κ1) is 11.4. The zero-order valence-electron chi connectivity index (χ0n) is 9.38. The van der Waals surface area contributed by atoms with E-state index in [4.69, 9.17) is 10.9 Å². The Morgan fingerprint density at radius 1 is 0.941 bits per heavy atom. The molecular weight excluding hydrogens is 212 g/mol. The van der Waals surface area contributed by atoms with Gasteiger partial charge in [-0.3, -0.25) is 0 Å². The summed E-state index contributed by atoms with van der Waals surface area (Å²) < 4.78 is 0. The Hall–Kier alpha value is -2.13. The highest BCUT2D eigenvalue weighted by Gasteiger charge is 2.05. The van der Waals surface area contributed by atoms with Gasteiger partial charge in [0.05, 0.1) is 12.3 Å². The third-order valence-electron chi connectivity index (χ3n) is 2.59. The lowest BCUT2D eigenvalue weighted by Gasteiger charge is -2.06. The van der Waals surface area contributed by atoms with Crippen molar-refractivity contribution in [3.63, 3.8) is 0 Å². The van der Waals surface area contributed by atoms with Gasteiger partial charge in [0, 0.05) is 11.1 Å². The average Bonchev–Trinajstić information content (AvgIpc) is 2.42. The first-order chi connectivity index (χ1) is 8.35. The van der Waals surface area contributed by atoms with Crippen molar-refractivity contribution in [1.29, 1.82) is 0 Å². The topological polar surface area (TPSA) is 58.6 Å². The second kappa shape index (κ2) is 5.27. The van der Waals surface area contributed by atoms with Crippen LogP contribution in [0.5, 0.6) is 0 Å². The number of nitrogens with zero attached hydrogens (tertiary/aromatic N) is 1. The molecule has 0 aromatic heterocycles. The summed E-state index contributed by atoms with van der Waals surface area (Å²) in [5.41, 5.74) is 3.54. The van der Waals surface area contributed by atoms with Gasteiger partial charge in [0.2, 0.25) is 0 Å². The fourth-order valence-corrected chi connectivity index (χ4v) is 1.68. The summed E-state index contributed by atoms with van der Waals surface area (Å²) in [4.78, 5) is 0. The van der Waals surface area contributed by atoms with E-state index in [1.807, 2.05) is 54.6 Å². The standard InChI is InChI=1S/C14H14N2O/c15-16-14(12-4-2-1-3-5-12)13-8-6-11(10-17)7-9-13/h1-9,17H,10,15H2. The number of hydrazone groups is 1. The molecule has 3 nitrogen and oxygen atoms in total. The molecule has 0 heterocycles. The predicted molar refractivity (Wildman–Crippen MR) is 68.6 cm³/mol. The zero-order valence-corrected chi connectivity index (χ0v) is 9.38. The fourth-order valence-electron chi connectivity index (χ4n) is 1.68. The molecule has 0 fully saturated rings.